The molecule has 0 spiro atoms. The smallest absolute Gasteiger partial charge is 0.330 e. The van der Waals surface area contributed by atoms with Crippen molar-refractivity contribution in [2.45, 2.75) is 57.4 Å². The van der Waals surface area contributed by atoms with Crippen LogP contribution in [0.1, 0.15) is 51.9 Å². The van der Waals surface area contributed by atoms with E-state index in [0.717, 1.165) is 5.54 Å². The van der Waals surface area contributed by atoms with Gasteiger partial charge < -0.3 is 5.11 Å². The Morgan fingerprint density at radius 3 is 2.27 bits per heavy atom. The van der Waals surface area contributed by atoms with E-state index in [1.807, 2.05) is 5.70 Å². The van der Waals surface area contributed by atoms with Crippen molar-refractivity contribution < 1.29 is 9.90 Å². The average molecular weight is 226 g/mol. The van der Waals surface area contributed by atoms with E-state index < -0.39 is 5.97 Å². The maximum atomic E-state index is 10.6. The van der Waals surface area contributed by atoms with Gasteiger partial charge in [0.2, 0.25) is 0 Å². The molecule has 1 N–H and O–H groups in total. The first-order valence-electron chi connectivity index (χ1n) is 6.10. The fourth-order valence-corrected chi connectivity index (χ4v) is 4.12. The van der Waals surface area contributed by atoms with Crippen molar-refractivity contribution >= 4 is 15.5 Å². The van der Waals surface area contributed by atoms with Gasteiger partial charge in [-0.05, 0) is 12.5 Å². The van der Waals surface area contributed by atoms with E-state index in [-0.39, 0.29) is 9.52 Å². The molecule has 1 aliphatic carbocycles. The Morgan fingerprint density at radius 2 is 1.73 bits per heavy atom. The first-order valence-corrected chi connectivity index (χ1v) is 7.73. The number of aliphatic carboxylic acids is 1. The van der Waals surface area contributed by atoms with Gasteiger partial charge in [-0.3, -0.25) is 0 Å². The largest absolute Gasteiger partial charge is 0.478 e. The van der Waals surface area contributed by atoms with Gasteiger partial charge in [-0.15, -0.1) is 0 Å². The third-order valence-corrected chi connectivity index (χ3v) is 5.65. The summed E-state index contributed by atoms with van der Waals surface area (Å²) in [4.78, 5) is 10.6. The molecule has 0 unspecified atom stereocenters. The molecule has 0 amide bonds. The molecular formula is C12H22O2Si. The predicted octanol–water partition coefficient (Wildman–Crippen LogP) is 2.68. The molecule has 0 aromatic heterocycles. The quantitative estimate of drug-likeness (QED) is 0.593. The van der Waals surface area contributed by atoms with Crippen LogP contribution in [-0.4, -0.2) is 20.6 Å². The van der Waals surface area contributed by atoms with Crippen molar-refractivity contribution in [1.82, 2.24) is 0 Å². The van der Waals surface area contributed by atoms with Crippen molar-refractivity contribution in [2.24, 2.45) is 0 Å². The number of carbonyl (C=O) groups is 1. The highest BCUT2D eigenvalue weighted by atomic mass is 28.2. The van der Waals surface area contributed by atoms with E-state index in [4.69, 9.17) is 5.11 Å². The first-order chi connectivity index (χ1) is 7.20. The highest BCUT2D eigenvalue weighted by Crippen LogP contribution is 2.26. The lowest BCUT2D eigenvalue weighted by atomic mass is 10.0. The van der Waals surface area contributed by atoms with Crippen molar-refractivity contribution in [2.75, 3.05) is 0 Å². The molecule has 1 saturated carbocycles. The lowest BCUT2D eigenvalue weighted by molar-refractivity contribution is -0.132. The van der Waals surface area contributed by atoms with Gasteiger partial charge in [-0.1, -0.05) is 50.6 Å². The van der Waals surface area contributed by atoms with E-state index >= 15 is 0 Å². The van der Waals surface area contributed by atoms with Crippen LogP contribution in [0.25, 0.3) is 0 Å². The van der Waals surface area contributed by atoms with Gasteiger partial charge in [0.15, 0.2) is 0 Å². The van der Waals surface area contributed by atoms with Crippen LogP contribution in [0.3, 0.4) is 0 Å². The highest BCUT2D eigenvalue weighted by Gasteiger charge is 2.11. The Kier molecular flexibility index (Phi) is 5.69. The molecule has 0 bridgehead atoms. The van der Waals surface area contributed by atoms with Crippen LogP contribution in [-0.2, 0) is 4.79 Å². The Balaban J connectivity index is 2.35. The van der Waals surface area contributed by atoms with E-state index in [2.05, 4.69) is 0 Å². The van der Waals surface area contributed by atoms with Crippen molar-refractivity contribution in [3.8, 4) is 0 Å². The number of rotatable bonds is 3. The lowest BCUT2D eigenvalue weighted by Gasteiger charge is -2.17. The fourth-order valence-electron chi connectivity index (χ4n) is 2.21. The summed E-state index contributed by atoms with van der Waals surface area (Å²) in [5.74, 6) is -0.742. The molecule has 0 aliphatic heterocycles. The number of carboxylic acids is 1. The topological polar surface area (TPSA) is 37.3 Å². The molecule has 15 heavy (non-hydrogen) atoms. The van der Waals surface area contributed by atoms with Gasteiger partial charge >= 0.3 is 5.97 Å². The van der Waals surface area contributed by atoms with Crippen LogP contribution >= 0.6 is 0 Å². The summed E-state index contributed by atoms with van der Waals surface area (Å²) in [5.41, 5.74) is 3.46. The van der Waals surface area contributed by atoms with Crippen LogP contribution in [0.15, 0.2) is 11.3 Å². The molecule has 1 rings (SSSR count). The predicted molar refractivity (Wildman–Crippen MR) is 66.0 cm³/mol. The highest BCUT2D eigenvalue weighted by molar-refractivity contribution is 6.44. The van der Waals surface area contributed by atoms with E-state index in [1.165, 1.54) is 44.9 Å². The molecule has 2 nitrogen and oxygen atoms in total. The van der Waals surface area contributed by atoms with Gasteiger partial charge in [0.25, 0.3) is 0 Å². The minimum Gasteiger partial charge on any atom is -0.478 e. The van der Waals surface area contributed by atoms with Gasteiger partial charge in [0.1, 0.15) is 0 Å². The summed E-state index contributed by atoms with van der Waals surface area (Å²) in [7, 11) is -0.305. The maximum Gasteiger partial charge on any atom is 0.330 e. The minimum absolute atomic E-state index is 0.305. The molecule has 0 aromatic carbocycles. The van der Waals surface area contributed by atoms with E-state index in [0.29, 0.717) is 5.57 Å². The molecule has 1 fully saturated rings. The molecule has 0 radical (unpaired) electrons. The number of hydrogen-bond donors (Lipinski definition) is 1. The summed E-state index contributed by atoms with van der Waals surface area (Å²) >= 11 is 0. The maximum absolute atomic E-state index is 10.6. The van der Waals surface area contributed by atoms with Gasteiger partial charge in [0, 0.05) is 15.1 Å². The normalized spacial score (nSPS) is 21.5. The number of hydrogen-bond acceptors (Lipinski definition) is 1. The third kappa shape index (κ3) is 5.16. The van der Waals surface area contributed by atoms with Gasteiger partial charge in [-0.25, -0.2) is 4.79 Å². The average Bonchev–Trinajstić information content (AvgIpc) is 2.15. The Labute approximate surface area is 94.6 Å². The van der Waals surface area contributed by atoms with Crippen LogP contribution < -0.4 is 0 Å². The molecule has 0 saturated heterocycles. The van der Waals surface area contributed by atoms with Crippen LogP contribution in [0.5, 0.6) is 0 Å². The van der Waals surface area contributed by atoms with Crippen molar-refractivity contribution in [3.63, 3.8) is 0 Å². The second-order valence-electron chi connectivity index (χ2n) is 4.64. The molecular weight excluding hydrogens is 204 g/mol. The summed E-state index contributed by atoms with van der Waals surface area (Å²) in [6.45, 7) is 1.72. The summed E-state index contributed by atoms with van der Waals surface area (Å²) in [6.07, 6.45) is 9.57. The standard InChI is InChI=1S/C12H22O2Si/c1-10(12(13)14)9-15-11-7-5-3-2-4-6-8-11/h9,11H,2-8,15H2,1H3,(H,13,14). The van der Waals surface area contributed by atoms with Crippen LogP contribution in [0.2, 0.25) is 5.54 Å². The minimum atomic E-state index is -0.742. The van der Waals surface area contributed by atoms with E-state index in [9.17, 15) is 4.79 Å². The van der Waals surface area contributed by atoms with Crippen molar-refractivity contribution in [3.05, 3.63) is 11.3 Å². The molecule has 0 aromatic rings. The third-order valence-electron chi connectivity index (χ3n) is 3.32. The molecule has 86 valence electrons. The Bertz CT molecular complexity index is 228. The Morgan fingerprint density at radius 1 is 1.20 bits per heavy atom. The number of carboxylic acid groups (broad SMARTS) is 1. The van der Waals surface area contributed by atoms with E-state index in [1.54, 1.807) is 6.92 Å². The van der Waals surface area contributed by atoms with Gasteiger partial charge in [-0.2, -0.15) is 0 Å². The molecule has 3 heteroatoms. The van der Waals surface area contributed by atoms with Crippen LogP contribution in [0, 0.1) is 0 Å². The lowest BCUT2D eigenvalue weighted by Crippen LogP contribution is -2.07. The molecule has 0 atom stereocenters. The second-order valence-corrected chi connectivity index (χ2v) is 6.67. The monoisotopic (exact) mass is 226 g/mol. The van der Waals surface area contributed by atoms with Crippen LogP contribution in [0.4, 0.5) is 0 Å². The summed E-state index contributed by atoms with van der Waals surface area (Å²) in [6, 6.07) is 0. The van der Waals surface area contributed by atoms with Gasteiger partial charge in [0.05, 0.1) is 0 Å². The molecule has 1 aliphatic rings. The zero-order chi connectivity index (χ0) is 11.1. The second kappa shape index (κ2) is 6.83. The zero-order valence-corrected chi connectivity index (χ0v) is 11.1. The first kappa shape index (κ1) is 12.5. The summed E-state index contributed by atoms with van der Waals surface area (Å²) < 4.78 is 0. The van der Waals surface area contributed by atoms with Crippen molar-refractivity contribution in [1.29, 1.82) is 0 Å². The summed E-state index contributed by atoms with van der Waals surface area (Å²) in [5, 5.41) is 8.77. The SMILES string of the molecule is CC(=C[SiH2]C1CCCCCCC1)C(=O)O. The Hall–Kier alpha value is -0.573. The fraction of sp³-hybridized carbons (Fsp3) is 0.750. The zero-order valence-electron chi connectivity index (χ0n) is 9.67. The molecule has 0 heterocycles.